The Kier molecular flexibility index (Phi) is 2.78. The first kappa shape index (κ1) is 12.2. The van der Waals surface area contributed by atoms with Crippen molar-refractivity contribution in [3.05, 3.63) is 18.3 Å². The minimum atomic E-state index is -0.153. The lowest BCUT2D eigenvalue weighted by molar-refractivity contribution is -0.133. The summed E-state index contributed by atoms with van der Waals surface area (Å²) in [6.45, 7) is 10.2. The van der Waals surface area contributed by atoms with Crippen molar-refractivity contribution < 1.29 is 4.74 Å². The summed E-state index contributed by atoms with van der Waals surface area (Å²) < 4.78 is 6.05. The third-order valence-corrected chi connectivity index (χ3v) is 2.83. The van der Waals surface area contributed by atoms with Crippen molar-refractivity contribution in [1.82, 2.24) is 4.98 Å². The summed E-state index contributed by atoms with van der Waals surface area (Å²) in [5, 5.41) is 0. The summed E-state index contributed by atoms with van der Waals surface area (Å²) in [6, 6.07) is 3.91. The van der Waals surface area contributed by atoms with Crippen LogP contribution in [0.15, 0.2) is 18.3 Å². The van der Waals surface area contributed by atoms with Crippen LogP contribution in [0.1, 0.15) is 27.7 Å². The third-order valence-electron chi connectivity index (χ3n) is 2.83. The van der Waals surface area contributed by atoms with E-state index >= 15 is 0 Å². The molecule has 4 heteroatoms. The van der Waals surface area contributed by atoms with Crippen LogP contribution in [0.4, 0.5) is 11.5 Å². The van der Waals surface area contributed by atoms with Crippen molar-refractivity contribution in [3.8, 4) is 0 Å². The Morgan fingerprint density at radius 3 is 2.35 bits per heavy atom. The topological polar surface area (TPSA) is 51.4 Å². The normalized spacial score (nSPS) is 22.5. The zero-order chi connectivity index (χ0) is 12.7. The molecule has 0 aliphatic carbocycles. The zero-order valence-electron chi connectivity index (χ0n) is 11.0. The molecule has 2 heterocycles. The number of nitrogens with two attached hydrogens (primary N) is 1. The van der Waals surface area contributed by atoms with E-state index in [4.69, 9.17) is 10.5 Å². The summed E-state index contributed by atoms with van der Waals surface area (Å²) in [5.74, 6) is 0.560. The standard InChI is InChI=1S/C13H21N3O/c1-12(2)8-16(9-13(3,4)17-12)10-5-6-15-11(14)7-10/h5-7H,8-9H2,1-4H3,(H2,14,15). The molecule has 1 aromatic rings. The number of rotatable bonds is 1. The molecule has 17 heavy (non-hydrogen) atoms. The molecule has 0 saturated carbocycles. The van der Waals surface area contributed by atoms with Gasteiger partial charge in [0.2, 0.25) is 0 Å². The molecule has 0 atom stereocenters. The van der Waals surface area contributed by atoms with Crippen molar-refractivity contribution in [2.45, 2.75) is 38.9 Å². The number of nitrogen functional groups attached to an aromatic ring is 1. The molecule has 0 bridgehead atoms. The van der Waals surface area contributed by atoms with Crippen LogP contribution in [0.25, 0.3) is 0 Å². The Bertz CT molecular complexity index is 399. The predicted octanol–water partition coefficient (Wildman–Crippen LogP) is 2.06. The van der Waals surface area contributed by atoms with Gasteiger partial charge in [0, 0.05) is 31.0 Å². The molecule has 2 rings (SSSR count). The minimum Gasteiger partial charge on any atom is -0.384 e. The lowest BCUT2D eigenvalue weighted by Crippen LogP contribution is -2.57. The first-order chi connectivity index (χ1) is 7.77. The van der Waals surface area contributed by atoms with Crippen molar-refractivity contribution in [1.29, 1.82) is 0 Å². The fourth-order valence-corrected chi connectivity index (χ4v) is 2.60. The molecule has 0 aromatic carbocycles. The van der Waals surface area contributed by atoms with E-state index in [1.165, 1.54) is 0 Å². The monoisotopic (exact) mass is 235 g/mol. The number of pyridine rings is 1. The maximum Gasteiger partial charge on any atom is 0.125 e. The van der Waals surface area contributed by atoms with Gasteiger partial charge in [0.25, 0.3) is 0 Å². The molecule has 0 spiro atoms. The zero-order valence-corrected chi connectivity index (χ0v) is 11.0. The highest BCUT2D eigenvalue weighted by Gasteiger charge is 2.38. The first-order valence-electron chi connectivity index (χ1n) is 5.94. The van der Waals surface area contributed by atoms with Crippen LogP contribution >= 0.6 is 0 Å². The molecule has 1 aliphatic heterocycles. The van der Waals surface area contributed by atoms with Crippen LogP contribution in [0, 0.1) is 0 Å². The number of hydrogen-bond acceptors (Lipinski definition) is 4. The fourth-order valence-electron chi connectivity index (χ4n) is 2.60. The summed E-state index contributed by atoms with van der Waals surface area (Å²) in [4.78, 5) is 6.33. The number of hydrogen-bond donors (Lipinski definition) is 1. The van der Waals surface area contributed by atoms with E-state index in [0.29, 0.717) is 5.82 Å². The second-order valence-corrected chi connectivity index (χ2v) is 5.92. The summed E-state index contributed by atoms with van der Waals surface area (Å²) in [5.41, 5.74) is 6.54. The van der Waals surface area contributed by atoms with Gasteiger partial charge in [-0.25, -0.2) is 4.98 Å². The van der Waals surface area contributed by atoms with Crippen LogP contribution in [-0.2, 0) is 4.74 Å². The summed E-state index contributed by atoms with van der Waals surface area (Å²) in [7, 11) is 0. The van der Waals surface area contributed by atoms with Crippen LogP contribution < -0.4 is 10.6 Å². The van der Waals surface area contributed by atoms with Crippen LogP contribution in [-0.4, -0.2) is 29.3 Å². The van der Waals surface area contributed by atoms with E-state index in [1.807, 2.05) is 12.1 Å². The van der Waals surface area contributed by atoms with Gasteiger partial charge < -0.3 is 15.4 Å². The molecule has 1 fully saturated rings. The molecular formula is C13H21N3O. The van der Waals surface area contributed by atoms with Gasteiger partial charge in [-0.2, -0.15) is 0 Å². The van der Waals surface area contributed by atoms with Crippen molar-refractivity contribution in [2.75, 3.05) is 23.7 Å². The maximum absolute atomic E-state index is 6.05. The Morgan fingerprint density at radius 2 is 1.82 bits per heavy atom. The Hall–Kier alpha value is -1.29. The fraction of sp³-hybridized carbons (Fsp3) is 0.615. The molecule has 1 aromatic heterocycles. The second-order valence-electron chi connectivity index (χ2n) is 5.92. The lowest BCUT2D eigenvalue weighted by atomic mass is 9.98. The number of morpholine rings is 1. The van der Waals surface area contributed by atoms with Crippen LogP contribution in [0.5, 0.6) is 0 Å². The molecule has 1 aliphatic rings. The maximum atomic E-state index is 6.05. The molecule has 94 valence electrons. The second kappa shape index (κ2) is 3.88. The largest absolute Gasteiger partial charge is 0.384 e. The van der Waals surface area contributed by atoms with Crippen molar-refractivity contribution in [2.24, 2.45) is 0 Å². The smallest absolute Gasteiger partial charge is 0.125 e. The summed E-state index contributed by atoms with van der Waals surface area (Å²) in [6.07, 6.45) is 1.75. The molecule has 0 unspecified atom stereocenters. The minimum absolute atomic E-state index is 0.153. The highest BCUT2D eigenvalue weighted by Crippen LogP contribution is 2.31. The van der Waals surface area contributed by atoms with Crippen LogP contribution in [0.3, 0.4) is 0 Å². The van der Waals surface area contributed by atoms with Gasteiger partial charge in [-0.05, 0) is 33.8 Å². The third kappa shape index (κ3) is 2.88. The highest BCUT2D eigenvalue weighted by molar-refractivity contribution is 5.53. The van der Waals surface area contributed by atoms with Crippen molar-refractivity contribution >= 4 is 11.5 Å². The lowest BCUT2D eigenvalue weighted by Gasteiger charge is -2.48. The summed E-state index contributed by atoms with van der Waals surface area (Å²) >= 11 is 0. The van der Waals surface area contributed by atoms with E-state index in [-0.39, 0.29) is 11.2 Å². The van der Waals surface area contributed by atoms with Gasteiger partial charge in [-0.1, -0.05) is 0 Å². The predicted molar refractivity (Wildman–Crippen MR) is 70.1 cm³/mol. The average Bonchev–Trinajstić information content (AvgIpc) is 2.12. The highest BCUT2D eigenvalue weighted by atomic mass is 16.5. The van der Waals surface area contributed by atoms with E-state index in [9.17, 15) is 0 Å². The molecule has 0 radical (unpaired) electrons. The van der Waals surface area contributed by atoms with E-state index in [1.54, 1.807) is 6.20 Å². The molecule has 1 saturated heterocycles. The van der Waals surface area contributed by atoms with Gasteiger partial charge in [0.15, 0.2) is 0 Å². The van der Waals surface area contributed by atoms with Gasteiger partial charge in [-0.3, -0.25) is 0 Å². The molecule has 0 amide bonds. The first-order valence-corrected chi connectivity index (χ1v) is 5.94. The van der Waals surface area contributed by atoms with Gasteiger partial charge in [0.05, 0.1) is 11.2 Å². The van der Waals surface area contributed by atoms with E-state index in [0.717, 1.165) is 18.8 Å². The Labute approximate surface area is 103 Å². The molecular weight excluding hydrogens is 214 g/mol. The Balaban J connectivity index is 2.27. The van der Waals surface area contributed by atoms with Gasteiger partial charge in [-0.15, -0.1) is 0 Å². The van der Waals surface area contributed by atoms with E-state index in [2.05, 4.69) is 37.6 Å². The number of anilines is 2. The average molecular weight is 235 g/mol. The van der Waals surface area contributed by atoms with E-state index < -0.39 is 0 Å². The van der Waals surface area contributed by atoms with Crippen LogP contribution in [0.2, 0.25) is 0 Å². The molecule has 4 nitrogen and oxygen atoms in total. The van der Waals surface area contributed by atoms with Crippen molar-refractivity contribution in [3.63, 3.8) is 0 Å². The molecule has 2 N–H and O–H groups in total. The quantitative estimate of drug-likeness (QED) is 0.809. The Morgan fingerprint density at radius 1 is 1.24 bits per heavy atom. The SMILES string of the molecule is CC1(C)CN(c2ccnc(N)c2)CC(C)(C)O1. The number of nitrogens with zero attached hydrogens (tertiary/aromatic N) is 2. The van der Waals surface area contributed by atoms with Gasteiger partial charge in [0.1, 0.15) is 5.82 Å². The number of ether oxygens (including phenoxy) is 1. The van der Waals surface area contributed by atoms with Gasteiger partial charge >= 0.3 is 0 Å². The number of aromatic nitrogens is 1.